The molecule has 0 spiro atoms. The molecule has 0 aliphatic carbocycles. The summed E-state index contributed by atoms with van der Waals surface area (Å²) in [6.45, 7) is 3.10. The van der Waals surface area contributed by atoms with Gasteiger partial charge >= 0.3 is 0 Å². The second-order valence-electron chi connectivity index (χ2n) is 5.95. The van der Waals surface area contributed by atoms with Crippen LogP contribution in [0.15, 0.2) is 54.6 Å². The number of rotatable bonds is 3. The lowest BCUT2D eigenvalue weighted by molar-refractivity contribution is -0.144. The van der Waals surface area contributed by atoms with Crippen LogP contribution in [0.1, 0.15) is 24.2 Å². The van der Waals surface area contributed by atoms with Gasteiger partial charge in [0.05, 0.1) is 19.1 Å². The van der Waals surface area contributed by atoms with Gasteiger partial charge in [0, 0.05) is 12.1 Å². The van der Waals surface area contributed by atoms with Crippen LogP contribution in [0.2, 0.25) is 0 Å². The summed E-state index contributed by atoms with van der Waals surface area (Å²) in [5.41, 5.74) is 1.74. The summed E-state index contributed by atoms with van der Waals surface area (Å²) in [5, 5.41) is 9.84. The van der Waals surface area contributed by atoms with E-state index in [1.54, 1.807) is 18.2 Å². The average molecular weight is 311 g/mol. The van der Waals surface area contributed by atoms with E-state index in [-0.39, 0.29) is 30.3 Å². The Morgan fingerprint density at radius 2 is 1.83 bits per heavy atom. The summed E-state index contributed by atoms with van der Waals surface area (Å²) in [6, 6.07) is 16.9. The van der Waals surface area contributed by atoms with Gasteiger partial charge in [-0.1, -0.05) is 48.5 Å². The molecule has 1 aliphatic heterocycles. The summed E-state index contributed by atoms with van der Waals surface area (Å²) in [4.78, 5) is 14.4. The third kappa shape index (κ3) is 3.71. The minimum atomic E-state index is -0.103. The Bertz CT molecular complexity index is 671. The molecule has 0 saturated carbocycles. The standard InChI is InChI=1S/C19H21NO3/c1-14-12-20(13-18(23-14)15-7-3-2-4-8-15)19(22)11-16-9-5-6-10-17(16)21/h2-10,14,18,21H,11-13H2,1H3/t14-,18-/m0/s1. The Morgan fingerprint density at radius 3 is 2.57 bits per heavy atom. The van der Waals surface area contributed by atoms with Crippen molar-refractivity contribution in [3.8, 4) is 5.75 Å². The number of phenolic OH excluding ortho intramolecular Hbond substituents is 1. The largest absolute Gasteiger partial charge is 0.508 e. The molecule has 0 aromatic heterocycles. The van der Waals surface area contributed by atoms with Crippen molar-refractivity contribution in [3.05, 3.63) is 65.7 Å². The normalized spacial score (nSPS) is 21.2. The summed E-state index contributed by atoms with van der Waals surface area (Å²) >= 11 is 0. The van der Waals surface area contributed by atoms with Gasteiger partial charge in [-0.3, -0.25) is 4.79 Å². The van der Waals surface area contributed by atoms with Gasteiger partial charge in [0.1, 0.15) is 11.9 Å². The minimum absolute atomic E-state index is 0.0118. The Hall–Kier alpha value is -2.33. The van der Waals surface area contributed by atoms with E-state index in [9.17, 15) is 9.90 Å². The lowest BCUT2D eigenvalue weighted by Crippen LogP contribution is -2.46. The molecule has 4 nitrogen and oxygen atoms in total. The molecule has 1 N–H and O–H groups in total. The average Bonchev–Trinajstić information content (AvgIpc) is 2.57. The fourth-order valence-electron chi connectivity index (χ4n) is 2.94. The van der Waals surface area contributed by atoms with Crippen LogP contribution < -0.4 is 0 Å². The fraction of sp³-hybridized carbons (Fsp3) is 0.316. The highest BCUT2D eigenvalue weighted by molar-refractivity contribution is 5.79. The molecule has 0 bridgehead atoms. The number of ether oxygens (including phenoxy) is 1. The van der Waals surface area contributed by atoms with Crippen molar-refractivity contribution in [3.63, 3.8) is 0 Å². The number of para-hydroxylation sites is 1. The van der Waals surface area contributed by atoms with Crippen LogP contribution in [0, 0.1) is 0 Å². The zero-order chi connectivity index (χ0) is 16.2. The number of carbonyl (C=O) groups excluding carboxylic acids is 1. The van der Waals surface area contributed by atoms with E-state index in [1.807, 2.05) is 48.2 Å². The molecule has 1 fully saturated rings. The molecule has 4 heteroatoms. The number of nitrogens with zero attached hydrogens (tertiary/aromatic N) is 1. The predicted molar refractivity (Wildman–Crippen MR) is 88.1 cm³/mol. The number of carbonyl (C=O) groups is 1. The predicted octanol–water partition coefficient (Wildman–Crippen LogP) is 2.92. The summed E-state index contributed by atoms with van der Waals surface area (Å²) in [6.07, 6.45) is 0.0940. The molecular weight excluding hydrogens is 290 g/mol. The molecule has 2 aromatic carbocycles. The Kier molecular flexibility index (Phi) is 4.63. The fourth-order valence-corrected chi connectivity index (χ4v) is 2.94. The molecule has 1 aliphatic rings. The molecule has 2 aromatic rings. The van der Waals surface area contributed by atoms with E-state index in [4.69, 9.17) is 4.74 Å². The van der Waals surface area contributed by atoms with Crippen LogP contribution in [0.25, 0.3) is 0 Å². The first-order valence-corrected chi connectivity index (χ1v) is 7.88. The molecule has 120 valence electrons. The molecule has 0 radical (unpaired) electrons. The number of hydrogen-bond donors (Lipinski definition) is 1. The summed E-state index contributed by atoms with van der Waals surface area (Å²) < 4.78 is 5.98. The van der Waals surface area contributed by atoms with Crippen LogP contribution in [0.5, 0.6) is 5.75 Å². The van der Waals surface area contributed by atoms with Crippen molar-refractivity contribution in [2.24, 2.45) is 0 Å². The highest BCUT2D eigenvalue weighted by atomic mass is 16.5. The lowest BCUT2D eigenvalue weighted by Gasteiger charge is -2.37. The van der Waals surface area contributed by atoms with Crippen LogP contribution >= 0.6 is 0 Å². The van der Waals surface area contributed by atoms with E-state index in [2.05, 4.69) is 0 Å². The molecular formula is C19H21NO3. The summed E-state index contributed by atoms with van der Waals surface area (Å²) in [7, 11) is 0. The number of morpholine rings is 1. The van der Waals surface area contributed by atoms with Crippen molar-refractivity contribution in [1.29, 1.82) is 0 Å². The van der Waals surface area contributed by atoms with Gasteiger partial charge in [0.2, 0.25) is 5.91 Å². The van der Waals surface area contributed by atoms with E-state index in [0.29, 0.717) is 18.7 Å². The van der Waals surface area contributed by atoms with Gasteiger partial charge in [0.25, 0.3) is 0 Å². The molecule has 1 amide bonds. The maximum Gasteiger partial charge on any atom is 0.227 e. The highest BCUT2D eigenvalue weighted by Crippen LogP contribution is 2.26. The van der Waals surface area contributed by atoms with Gasteiger partial charge in [-0.25, -0.2) is 0 Å². The number of benzene rings is 2. The van der Waals surface area contributed by atoms with E-state index < -0.39 is 0 Å². The number of aromatic hydroxyl groups is 1. The Balaban J connectivity index is 1.72. The molecule has 3 rings (SSSR count). The van der Waals surface area contributed by atoms with Gasteiger partial charge in [0.15, 0.2) is 0 Å². The van der Waals surface area contributed by atoms with Gasteiger partial charge < -0.3 is 14.7 Å². The van der Waals surface area contributed by atoms with Gasteiger partial charge in [-0.2, -0.15) is 0 Å². The highest BCUT2D eigenvalue weighted by Gasteiger charge is 2.29. The first-order valence-electron chi connectivity index (χ1n) is 7.88. The lowest BCUT2D eigenvalue weighted by atomic mass is 10.1. The maximum absolute atomic E-state index is 12.6. The number of amides is 1. The van der Waals surface area contributed by atoms with Crippen LogP contribution in [0.3, 0.4) is 0 Å². The van der Waals surface area contributed by atoms with Gasteiger partial charge in [-0.15, -0.1) is 0 Å². The zero-order valence-electron chi connectivity index (χ0n) is 13.2. The molecule has 1 saturated heterocycles. The third-order valence-corrected chi connectivity index (χ3v) is 4.12. The quantitative estimate of drug-likeness (QED) is 0.948. The van der Waals surface area contributed by atoms with Crippen molar-refractivity contribution < 1.29 is 14.6 Å². The molecule has 23 heavy (non-hydrogen) atoms. The monoisotopic (exact) mass is 311 g/mol. The number of hydrogen-bond acceptors (Lipinski definition) is 3. The van der Waals surface area contributed by atoms with Crippen LogP contribution in [0.4, 0.5) is 0 Å². The third-order valence-electron chi connectivity index (χ3n) is 4.12. The Morgan fingerprint density at radius 1 is 1.13 bits per heavy atom. The zero-order valence-corrected chi connectivity index (χ0v) is 13.2. The second kappa shape index (κ2) is 6.84. The SMILES string of the molecule is C[C@H]1CN(C(=O)Cc2ccccc2O)C[C@@H](c2ccccc2)O1. The van der Waals surface area contributed by atoms with E-state index >= 15 is 0 Å². The maximum atomic E-state index is 12.6. The summed E-state index contributed by atoms with van der Waals surface area (Å²) in [5.74, 6) is 0.185. The molecule has 1 heterocycles. The van der Waals surface area contributed by atoms with Crippen molar-refractivity contribution in [1.82, 2.24) is 4.90 Å². The van der Waals surface area contributed by atoms with E-state index in [0.717, 1.165) is 5.56 Å². The second-order valence-corrected chi connectivity index (χ2v) is 5.95. The van der Waals surface area contributed by atoms with Crippen LogP contribution in [-0.4, -0.2) is 35.1 Å². The first kappa shape index (κ1) is 15.6. The van der Waals surface area contributed by atoms with Crippen LogP contribution in [-0.2, 0) is 16.0 Å². The number of phenols is 1. The smallest absolute Gasteiger partial charge is 0.227 e. The van der Waals surface area contributed by atoms with Crippen molar-refractivity contribution in [2.75, 3.05) is 13.1 Å². The van der Waals surface area contributed by atoms with Gasteiger partial charge in [-0.05, 0) is 18.6 Å². The topological polar surface area (TPSA) is 49.8 Å². The minimum Gasteiger partial charge on any atom is -0.508 e. The Labute approximate surface area is 136 Å². The molecule has 2 atom stereocenters. The molecule has 0 unspecified atom stereocenters. The van der Waals surface area contributed by atoms with Crippen molar-refractivity contribution >= 4 is 5.91 Å². The first-order chi connectivity index (χ1) is 11.1. The van der Waals surface area contributed by atoms with E-state index in [1.165, 1.54) is 0 Å². The van der Waals surface area contributed by atoms with Crippen molar-refractivity contribution in [2.45, 2.75) is 25.6 Å².